The second-order valence-electron chi connectivity index (χ2n) is 4.18. The third kappa shape index (κ3) is 3.36. The highest BCUT2D eigenvalue weighted by atomic mass is 35.5. The lowest BCUT2D eigenvalue weighted by Gasteiger charge is -2.27. The summed E-state index contributed by atoms with van der Waals surface area (Å²) in [5.41, 5.74) is -0.220. The Bertz CT molecular complexity index is 364. The molecule has 0 bridgehead atoms. The molecule has 0 aliphatic heterocycles. The molecule has 2 nitrogen and oxygen atoms in total. The predicted octanol–water partition coefficient (Wildman–Crippen LogP) is 3.06. The van der Waals surface area contributed by atoms with Crippen LogP contribution in [0.2, 0.25) is 10.0 Å². The zero-order valence-corrected chi connectivity index (χ0v) is 10.9. The highest BCUT2D eigenvalue weighted by Crippen LogP contribution is 2.25. The fourth-order valence-electron chi connectivity index (χ4n) is 1.35. The number of aliphatic hydroxyl groups is 2. The van der Waals surface area contributed by atoms with E-state index in [4.69, 9.17) is 23.2 Å². The molecule has 1 aromatic carbocycles. The molecule has 0 saturated heterocycles. The third-order valence-electron chi connectivity index (χ3n) is 2.85. The molecule has 0 saturated carbocycles. The van der Waals surface area contributed by atoms with Gasteiger partial charge in [0.15, 0.2) is 0 Å². The number of hydrogen-bond acceptors (Lipinski definition) is 2. The van der Waals surface area contributed by atoms with Crippen molar-refractivity contribution in [3.63, 3.8) is 0 Å². The van der Waals surface area contributed by atoms with E-state index in [0.29, 0.717) is 22.9 Å². The van der Waals surface area contributed by atoms with Crippen molar-refractivity contribution in [2.45, 2.75) is 38.4 Å². The van der Waals surface area contributed by atoms with Crippen LogP contribution in [-0.4, -0.2) is 21.9 Å². The van der Waals surface area contributed by atoms with E-state index in [1.807, 2.05) is 6.92 Å². The molecule has 0 aliphatic carbocycles. The van der Waals surface area contributed by atoms with Crippen LogP contribution in [0.15, 0.2) is 18.2 Å². The summed E-state index contributed by atoms with van der Waals surface area (Å²) < 4.78 is 0. The molecule has 2 N–H and O–H groups in total. The van der Waals surface area contributed by atoms with Crippen LogP contribution in [0, 0.1) is 0 Å². The van der Waals surface area contributed by atoms with Crippen molar-refractivity contribution in [3.05, 3.63) is 33.8 Å². The Kier molecular flexibility index (Phi) is 4.62. The van der Waals surface area contributed by atoms with E-state index < -0.39 is 11.7 Å². The van der Waals surface area contributed by atoms with Gasteiger partial charge in [-0.25, -0.2) is 0 Å². The second kappa shape index (κ2) is 5.37. The monoisotopic (exact) mass is 262 g/mol. The van der Waals surface area contributed by atoms with Crippen LogP contribution in [0.3, 0.4) is 0 Å². The summed E-state index contributed by atoms with van der Waals surface area (Å²) in [6.45, 7) is 3.45. The van der Waals surface area contributed by atoms with Crippen LogP contribution in [0.5, 0.6) is 0 Å². The molecule has 2 unspecified atom stereocenters. The quantitative estimate of drug-likeness (QED) is 0.876. The van der Waals surface area contributed by atoms with Gasteiger partial charge in [0.2, 0.25) is 0 Å². The Hall–Kier alpha value is -0.280. The van der Waals surface area contributed by atoms with Crippen LogP contribution >= 0.6 is 23.2 Å². The van der Waals surface area contributed by atoms with Gasteiger partial charge in [0.05, 0.1) is 21.8 Å². The molecule has 0 aromatic heterocycles. The number of benzene rings is 1. The number of aliphatic hydroxyl groups excluding tert-OH is 1. The zero-order chi connectivity index (χ0) is 12.3. The minimum atomic E-state index is -1.08. The van der Waals surface area contributed by atoms with Gasteiger partial charge >= 0.3 is 0 Å². The van der Waals surface area contributed by atoms with Gasteiger partial charge in [0, 0.05) is 6.42 Å². The normalized spacial score (nSPS) is 16.9. The highest BCUT2D eigenvalue weighted by molar-refractivity contribution is 6.42. The lowest BCUT2D eigenvalue weighted by Crippen LogP contribution is -2.39. The largest absolute Gasteiger partial charge is 0.390 e. The SMILES string of the molecule is CCC(C)(O)C(O)Cc1ccc(Cl)c(Cl)c1. The van der Waals surface area contributed by atoms with Crippen molar-refractivity contribution in [3.8, 4) is 0 Å². The molecule has 0 spiro atoms. The van der Waals surface area contributed by atoms with Gasteiger partial charge in [0.25, 0.3) is 0 Å². The molecule has 2 atom stereocenters. The topological polar surface area (TPSA) is 40.5 Å². The molecule has 0 fully saturated rings. The van der Waals surface area contributed by atoms with E-state index in [2.05, 4.69) is 0 Å². The van der Waals surface area contributed by atoms with Gasteiger partial charge in [-0.3, -0.25) is 0 Å². The number of halogens is 2. The van der Waals surface area contributed by atoms with Gasteiger partial charge in [0.1, 0.15) is 0 Å². The van der Waals surface area contributed by atoms with Crippen molar-refractivity contribution in [1.82, 2.24) is 0 Å². The lowest BCUT2D eigenvalue weighted by atomic mass is 9.91. The van der Waals surface area contributed by atoms with Crippen molar-refractivity contribution in [2.24, 2.45) is 0 Å². The van der Waals surface area contributed by atoms with Gasteiger partial charge in [-0.2, -0.15) is 0 Å². The summed E-state index contributed by atoms with van der Waals surface area (Å²) in [6, 6.07) is 5.19. The fourth-order valence-corrected chi connectivity index (χ4v) is 1.67. The minimum Gasteiger partial charge on any atom is -0.390 e. The molecule has 90 valence electrons. The van der Waals surface area contributed by atoms with Crippen LogP contribution < -0.4 is 0 Å². The molecule has 16 heavy (non-hydrogen) atoms. The van der Waals surface area contributed by atoms with Crippen molar-refractivity contribution >= 4 is 23.2 Å². The Balaban J connectivity index is 2.77. The van der Waals surface area contributed by atoms with E-state index in [0.717, 1.165) is 5.56 Å². The summed E-state index contributed by atoms with van der Waals surface area (Å²) >= 11 is 11.7. The molecule has 0 heterocycles. The highest BCUT2D eigenvalue weighted by Gasteiger charge is 2.28. The Morgan fingerprint density at radius 1 is 1.31 bits per heavy atom. The summed E-state index contributed by atoms with van der Waals surface area (Å²) in [5.74, 6) is 0. The van der Waals surface area contributed by atoms with Crippen molar-refractivity contribution in [1.29, 1.82) is 0 Å². The molecular weight excluding hydrogens is 247 g/mol. The van der Waals surface area contributed by atoms with Gasteiger partial charge in [-0.15, -0.1) is 0 Å². The molecule has 1 rings (SSSR count). The zero-order valence-electron chi connectivity index (χ0n) is 9.37. The van der Waals surface area contributed by atoms with Crippen molar-refractivity contribution in [2.75, 3.05) is 0 Å². The average molecular weight is 263 g/mol. The van der Waals surface area contributed by atoms with Crippen LogP contribution in [0.4, 0.5) is 0 Å². The smallest absolute Gasteiger partial charge is 0.0878 e. The molecule has 1 aromatic rings. The fraction of sp³-hybridized carbons (Fsp3) is 0.500. The van der Waals surface area contributed by atoms with Crippen molar-refractivity contribution < 1.29 is 10.2 Å². The predicted molar refractivity (Wildman–Crippen MR) is 67.1 cm³/mol. The standard InChI is InChI=1S/C12H16Cl2O2/c1-3-12(2,16)11(15)7-8-4-5-9(13)10(14)6-8/h4-6,11,15-16H,3,7H2,1-2H3. The van der Waals surface area contributed by atoms with Crippen LogP contribution in [0.1, 0.15) is 25.8 Å². The Morgan fingerprint density at radius 2 is 1.94 bits per heavy atom. The van der Waals surface area contributed by atoms with E-state index in [1.165, 1.54) is 0 Å². The maximum Gasteiger partial charge on any atom is 0.0878 e. The summed E-state index contributed by atoms with van der Waals surface area (Å²) in [4.78, 5) is 0. The van der Waals surface area contributed by atoms with Gasteiger partial charge in [-0.1, -0.05) is 36.2 Å². The molecule has 4 heteroatoms. The molecule has 0 radical (unpaired) electrons. The minimum absolute atomic E-state index is 0.359. The van der Waals surface area contributed by atoms with Crippen LogP contribution in [-0.2, 0) is 6.42 Å². The lowest BCUT2D eigenvalue weighted by molar-refractivity contribution is -0.0629. The maximum absolute atomic E-state index is 9.87. The summed E-state index contributed by atoms with van der Waals surface area (Å²) in [7, 11) is 0. The van der Waals surface area contributed by atoms with Crippen LogP contribution in [0.25, 0.3) is 0 Å². The van der Waals surface area contributed by atoms with Gasteiger partial charge in [-0.05, 0) is 31.0 Å². The van der Waals surface area contributed by atoms with Gasteiger partial charge < -0.3 is 10.2 Å². The summed E-state index contributed by atoms with van der Waals surface area (Å²) in [5, 5.41) is 20.7. The Labute approximate surface area is 106 Å². The maximum atomic E-state index is 9.87. The van der Waals surface area contributed by atoms with E-state index in [1.54, 1.807) is 25.1 Å². The molecular formula is C12H16Cl2O2. The first-order valence-corrected chi connectivity index (χ1v) is 5.96. The Morgan fingerprint density at radius 3 is 2.44 bits per heavy atom. The summed E-state index contributed by atoms with van der Waals surface area (Å²) in [6.07, 6.45) is 0.0440. The van der Waals surface area contributed by atoms with E-state index >= 15 is 0 Å². The number of rotatable bonds is 4. The number of hydrogen-bond donors (Lipinski definition) is 2. The first-order valence-electron chi connectivity index (χ1n) is 5.21. The second-order valence-corrected chi connectivity index (χ2v) is 4.99. The first kappa shape index (κ1) is 13.8. The average Bonchev–Trinajstić information content (AvgIpc) is 2.23. The molecule has 0 amide bonds. The van der Waals surface area contributed by atoms with E-state index in [-0.39, 0.29) is 0 Å². The van der Waals surface area contributed by atoms with E-state index in [9.17, 15) is 10.2 Å². The third-order valence-corrected chi connectivity index (χ3v) is 3.59. The first-order chi connectivity index (χ1) is 7.36. The molecule has 0 aliphatic rings.